The Morgan fingerprint density at radius 3 is 2.56 bits per heavy atom. The lowest BCUT2D eigenvalue weighted by Crippen LogP contribution is -2.05. The van der Waals surface area contributed by atoms with Crippen molar-refractivity contribution in [2.75, 3.05) is 18.5 Å². The van der Waals surface area contributed by atoms with E-state index in [4.69, 9.17) is 10.5 Å². The number of ether oxygens (including phenoxy) is 1. The first-order valence-corrected chi connectivity index (χ1v) is 5.17. The van der Waals surface area contributed by atoms with Crippen LogP contribution in [0.2, 0.25) is 0 Å². The second-order valence-corrected chi connectivity index (χ2v) is 3.38. The topological polar surface area (TPSA) is 64.3 Å². The van der Waals surface area contributed by atoms with Gasteiger partial charge in [0.05, 0.1) is 0 Å². The molecule has 0 heterocycles. The number of rotatable bonds is 5. The molecular weight excluding hydrogens is 259 g/mol. The van der Waals surface area contributed by atoms with Gasteiger partial charge in [-0.1, -0.05) is 0 Å². The van der Waals surface area contributed by atoms with Crippen LogP contribution in [0.25, 0.3) is 0 Å². The minimum absolute atomic E-state index is 0. The maximum Gasteiger partial charge on any atom is 0.221 e. The summed E-state index contributed by atoms with van der Waals surface area (Å²) in [7, 11) is 0. The van der Waals surface area contributed by atoms with Crippen molar-refractivity contribution in [1.82, 2.24) is 0 Å². The molecule has 0 fully saturated rings. The minimum Gasteiger partial charge on any atom is -0.487 e. The molecule has 0 radical (unpaired) electrons. The summed E-state index contributed by atoms with van der Waals surface area (Å²) in [6.45, 7) is 1.44. The van der Waals surface area contributed by atoms with Gasteiger partial charge in [-0.05, 0) is 30.3 Å². The molecule has 0 atom stereocenters. The Hall–Kier alpha value is -1.59. The Labute approximate surface area is 111 Å². The Morgan fingerprint density at radius 2 is 2.06 bits per heavy atom. The second-order valence-electron chi connectivity index (χ2n) is 3.38. The van der Waals surface area contributed by atoms with Crippen LogP contribution in [0, 0.1) is 0 Å². The first-order chi connectivity index (χ1) is 8.11. The Balaban J connectivity index is 0.00000289. The molecule has 0 bridgehead atoms. The summed E-state index contributed by atoms with van der Waals surface area (Å²) in [6.07, 6.45) is 1.26. The van der Waals surface area contributed by atoms with Gasteiger partial charge in [-0.3, -0.25) is 4.79 Å². The lowest BCUT2D eigenvalue weighted by atomic mass is 10.3. The fourth-order valence-corrected chi connectivity index (χ4v) is 1.18. The number of halogens is 2. The minimum atomic E-state index is -0.404. The number of amides is 1. The third kappa shape index (κ3) is 6.22. The smallest absolute Gasteiger partial charge is 0.221 e. The summed E-state index contributed by atoms with van der Waals surface area (Å²) in [6, 6.07) is 6.67. The summed E-state index contributed by atoms with van der Waals surface area (Å²) in [5.41, 5.74) is 5.82. The summed E-state index contributed by atoms with van der Waals surface area (Å²) in [5.74, 6) is -0.0197. The van der Waals surface area contributed by atoms with Crippen molar-refractivity contribution in [1.29, 1.82) is 0 Å². The van der Waals surface area contributed by atoms with Crippen LogP contribution in [0.1, 0.15) is 6.92 Å². The van der Waals surface area contributed by atoms with Crippen LogP contribution in [0.5, 0.6) is 5.75 Å². The SMILES string of the molecule is CC(=O)Nc1ccc(OCC(F)=CCN)cc1.Cl. The molecule has 0 saturated carbocycles. The third-order valence-electron chi connectivity index (χ3n) is 1.89. The van der Waals surface area contributed by atoms with Gasteiger partial charge in [0.25, 0.3) is 0 Å². The Kier molecular flexibility index (Phi) is 7.74. The predicted molar refractivity (Wildman–Crippen MR) is 71.7 cm³/mol. The number of anilines is 1. The van der Waals surface area contributed by atoms with Crippen LogP contribution < -0.4 is 15.8 Å². The maximum atomic E-state index is 12.9. The highest BCUT2D eigenvalue weighted by molar-refractivity contribution is 5.88. The van der Waals surface area contributed by atoms with Crippen molar-refractivity contribution in [2.45, 2.75) is 6.92 Å². The van der Waals surface area contributed by atoms with E-state index in [1.165, 1.54) is 13.0 Å². The maximum absolute atomic E-state index is 12.9. The molecule has 18 heavy (non-hydrogen) atoms. The molecule has 100 valence electrons. The van der Waals surface area contributed by atoms with Crippen LogP contribution in [-0.4, -0.2) is 19.1 Å². The molecule has 0 aliphatic rings. The van der Waals surface area contributed by atoms with E-state index in [1.807, 2.05) is 0 Å². The van der Waals surface area contributed by atoms with Gasteiger partial charge in [-0.25, -0.2) is 4.39 Å². The summed E-state index contributed by atoms with van der Waals surface area (Å²) in [5, 5.41) is 2.62. The number of hydrogen-bond donors (Lipinski definition) is 2. The predicted octanol–water partition coefficient (Wildman–Crippen LogP) is 2.26. The Bertz CT molecular complexity index is 407. The largest absolute Gasteiger partial charge is 0.487 e. The van der Waals surface area contributed by atoms with Crippen LogP contribution in [-0.2, 0) is 4.79 Å². The molecule has 0 saturated heterocycles. The fourth-order valence-electron chi connectivity index (χ4n) is 1.18. The second kappa shape index (κ2) is 8.49. The van der Waals surface area contributed by atoms with Crippen molar-refractivity contribution >= 4 is 24.0 Å². The molecule has 0 aliphatic carbocycles. The summed E-state index contributed by atoms with van der Waals surface area (Å²) in [4.78, 5) is 10.8. The van der Waals surface area contributed by atoms with Crippen molar-refractivity contribution < 1.29 is 13.9 Å². The van der Waals surface area contributed by atoms with Crippen LogP contribution in [0.4, 0.5) is 10.1 Å². The van der Waals surface area contributed by atoms with Gasteiger partial charge in [0.2, 0.25) is 5.91 Å². The average Bonchev–Trinajstić information content (AvgIpc) is 2.28. The first kappa shape index (κ1) is 16.4. The molecule has 0 spiro atoms. The standard InChI is InChI=1S/C12H15FN2O2.ClH/c1-9(16)15-11-2-4-12(5-3-11)17-8-10(13)6-7-14;/h2-6H,7-8,14H2,1H3,(H,15,16);1H. The monoisotopic (exact) mass is 274 g/mol. The highest BCUT2D eigenvalue weighted by Crippen LogP contribution is 2.16. The lowest BCUT2D eigenvalue weighted by molar-refractivity contribution is -0.114. The zero-order valence-electron chi connectivity index (χ0n) is 9.98. The number of carbonyl (C=O) groups is 1. The summed E-state index contributed by atoms with van der Waals surface area (Å²) >= 11 is 0. The molecule has 1 amide bonds. The number of nitrogens with two attached hydrogens (primary N) is 1. The highest BCUT2D eigenvalue weighted by atomic mass is 35.5. The van der Waals surface area contributed by atoms with Crippen LogP contribution >= 0.6 is 12.4 Å². The molecule has 1 rings (SSSR count). The highest BCUT2D eigenvalue weighted by Gasteiger charge is 1.99. The molecule has 1 aromatic rings. The zero-order valence-corrected chi connectivity index (χ0v) is 10.8. The van der Waals surface area contributed by atoms with E-state index in [-0.39, 0.29) is 31.5 Å². The van der Waals surface area contributed by atoms with Crippen LogP contribution in [0.3, 0.4) is 0 Å². The van der Waals surface area contributed by atoms with Crippen molar-refractivity contribution in [3.05, 3.63) is 36.2 Å². The third-order valence-corrected chi connectivity index (χ3v) is 1.89. The van der Waals surface area contributed by atoms with Gasteiger partial charge >= 0.3 is 0 Å². The number of nitrogens with one attached hydrogen (secondary N) is 1. The van der Waals surface area contributed by atoms with Gasteiger partial charge < -0.3 is 15.8 Å². The summed E-state index contributed by atoms with van der Waals surface area (Å²) < 4.78 is 18.1. The van der Waals surface area contributed by atoms with E-state index in [0.29, 0.717) is 11.4 Å². The van der Waals surface area contributed by atoms with Gasteiger partial charge in [0.15, 0.2) is 0 Å². The van der Waals surface area contributed by atoms with E-state index in [1.54, 1.807) is 24.3 Å². The van der Waals surface area contributed by atoms with Gasteiger partial charge in [-0.2, -0.15) is 0 Å². The van der Waals surface area contributed by atoms with E-state index < -0.39 is 5.83 Å². The van der Waals surface area contributed by atoms with E-state index in [2.05, 4.69) is 5.32 Å². The lowest BCUT2D eigenvalue weighted by Gasteiger charge is -2.06. The number of hydrogen-bond acceptors (Lipinski definition) is 3. The molecular formula is C12H16ClFN2O2. The Morgan fingerprint density at radius 1 is 1.44 bits per heavy atom. The molecule has 0 aromatic heterocycles. The number of benzene rings is 1. The molecule has 0 unspecified atom stereocenters. The molecule has 0 aliphatic heterocycles. The quantitative estimate of drug-likeness (QED) is 0.866. The first-order valence-electron chi connectivity index (χ1n) is 5.17. The van der Waals surface area contributed by atoms with Gasteiger partial charge in [0.1, 0.15) is 18.2 Å². The zero-order chi connectivity index (χ0) is 12.7. The van der Waals surface area contributed by atoms with Crippen molar-refractivity contribution in [3.63, 3.8) is 0 Å². The number of carbonyl (C=O) groups excluding carboxylic acids is 1. The van der Waals surface area contributed by atoms with Gasteiger partial charge in [-0.15, -0.1) is 12.4 Å². The van der Waals surface area contributed by atoms with E-state index >= 15 is 0 Å². The molecule has 3 N–H and O–H groups in total. The van der Waals surface area contributed by atoms with Crippen LogP contribution in [0.15, 0.2) is 36.2 Å². The average molecular weight is 275 g/mol. The molecule has 1 aromatic carbocycles. The normalized spacial score (nSPS) is 10.5. The van der Waals surface area contributed by atoms with E-state index in [9.17, 15) is 9.18 Å². The molecule has 4 nitrogen and oxygen atoms in total. The van der Waals surface area contributed by atoms with Gasteiger partial charge in [0, 0.05) is 19.2 Å². The van der Waals surface area contributed by atoms with Crippen molar-refractivity contribution in [3.8, 4) is 5.75 Å². The molecule has 6 heteroatoms. The van der Waals surface area contributed by atoms with Crippen molar-refractivity contribution in [2.24, 2.45) is 5.73 Å². The fraction of sp³-hybridized carbons (Fsp3) is 0.250. The van der Waals surface area contributed by atoms with E-state index in [0.717, 1.165) is 0 Å².